The Labute approximate surface area is 124 Å². The zero-order valence-corrected chi connectivity index (χ0v) is 12.8. The highest BCUT2D eigenvalue weighted by molar-refractivity contribution is 7.99. The van der Waals surface area contributed by atoms with Gasteiger partial charge in [0, 0.05) is 18.8 Å². The Bertz CT molecular complexity index is 427. The van der Waals surface area contributed by atoms with E-state index in [1.165, 1.54) is 0 Å². The molecular formula is C14H22N2O3S. The van der Waals surface area contributed by atoms with E-state index in [2.05, 4.69) is 5.32 Å². The van der Waals surface area contributed by atoms with Gasteiger partial charge in [0.25, 0.3) is 0 Å². The lowest BCUT2D eigenvalue weighted by atomic mass is 10.1. The van der Waals surface area contributed by atoms with Crippen LogP contribution in [0.4, 0.5) is 0 Å². The topological polar surface area (TPSA) is 73.6 Å². The summed E-state index contributed by atoms with van der Waals surface area (Å²) in [5, 5.41) is 2.88. The molecule has 0 aliphatic carbocycles. The Morgan fingerprint density at radius 3 is 2.70 bits per heavy atom. The number of nitrogens with one attached hydrogen (secondary N) is 1. The van der Waals surface area contributed by atoms with E-state index in [1.54, 1.807) is 26.0 Å². The Morgan fingerprint density at radius 2 is 2.05 bits per heavy atom. The zero-order valence-electron chi connectivity index (χ0n) is 12.0. The third-order valence-corrected chi connectivity index (χ3v) is 3.67. The van der Waals surface area contributed by atoms with E-state index in [0.717, 1.165) is 17.7 Å². The fourth-order valence-corrected chi connectivity index (χ4v) is 2.28. The first-order chi connectivity index (χ1) is 9.71. The number of rotatable bonds is 9. The number of hydrogen-bond donors (Lipinski definition) is 2. The molecule has 1 aromatic rings. The lowest BCUT2D eigenvalue weighted by Gasteiger charge is -2.10. The first kappa shape index (κ1) is 16.7. The minimum Gasteiger partial charge on any atom is -0.493 e. The number of carbonyl (C=O) groups is 1. The van der Waals surface area contributed by atoms with Gasteiger partial charge in [0.15, 0.2) is 11.5 Å². The molecule has 0 heterocycles. The zero-order chi connectivity index (χ0) is 14.8. The molecule has 0 saturated heterocycles. The van der Waals surface area contributed by atoms with Crippen LogP contribution in [0.3, 0.4) is 0 Å². The van der Waals surface area contributed by atoms with Crippen molar-refractivity contribution in [1.29, 1.82) is 0 Å². The van der Waals surface area contributed by atoms with Crippen LogP contribution >= 0.6 is 11.8 Å². The number of nitrogens with two attached hydrogens (primary N) is 1. The molecule has 5 nitrogen and oxygen atoms in total. The molecule has 0 bridgehead atoms. The number of benzene rings is 1. The molecule has 0 atom stereocenters. The van der Waals surface area contributed by atoms with Gasteiger partial charge < -0.3 is 20.5 Å². The smallest absolute Gasteiger partial charge is 0.230 e. The van der Waals surface area contributed by atoms with E-state index in [4.69, 9.17) is 15.2 Å². The van der Waals surface area contributed by atoms with Gasteiger partial charge in [-0.2, -0.15) is 11.8 Å². The molecule has 0 aliphatic heterocycles. The molecule has 0 fully saturated rings. The monoisotopic (exact) mass is 298 g/mol. The standard InChI is InChI=1S/C14H22N2O3S/c1-18-12-4-3-11(9-13(12)19-2)5-7-16-14(17)10-20-8-6-15/h3-4,9H,5-8,10,15H2,1-2H3,(H,16,17). The third-order valence-electron chi connectivity index (χ3n) is 2.68. The molecule has 1 amide bonds. The summed E-state index contributed by atoms with van der Waals surface area (Å²) < 4.78 is 10.4. The minimum absolute atomic E-state index is 0.0453. The van der Waals surface area contributed by atoms with E-state index >= 15 is 0 Å². The summed E-state index contributed by atoms with van der Waals surface area (Å²) in [6.07, 6.45) is 0.758. The number of carbonyl (C=O) groups excluding carboxylic acids is 1. The van der Waals surface area contributed by atoms with E-state index < -0.39 is 0 Å². The molecule has 1 aromatic carbocycles. The Balaban J connectivity index is 2.36. The summed E-state index contributed by atoms with van der Waals surface area (Å²) in [7, 11) is 3.22. The second-order valence-electron chi connectivity index (χ2n) is 4.13. The van der Waals surface area contributed by atoms with Crippen molar-refractivity contribution in [2.75, 3.05) is 38.8 Å². The van der Waals surface area contributed by atoms with Gasteiger partial charge in [-0.3, -0.25) is 4.79 Å². The van der Waals surface area contributed by atoms with Gasteiger partial charge in [0.1, 0.15) is 0 Å². The molecule has 0 unspecified atom stereocenters. The molecule has 0 saturated carbocycles. The van der Waals surface area contributed by atoms with Crippen LogP contribution in [0.15, 0.2) is 18.2 Å². The van der Waals surface area contributed by atoms with Gasteiger partial charge in [-0.25, -0.2) is 0 Å². The minimum atomic E-state index is 0.0453. The summed E-state index contributed by atoms with van der Waals surface area (Å²) in [6, 6.07) is 5.76. The Morgan fingerprint density at radius 1 is 1.30 bits per heavy atom. The van der Waals surface area contributed by atoms with Crippen molar-refractivity contribution in [2.45, 2.75) is 6.42 Å². The van der Waals surface area contributed by atoms with E-state index in [-0.39, 0.29) is 5.91 Å². The predicted molar refractivity (Wildman–Crippen MR) is 82.6 cm³/mol. The van der Waals surface area contributed by atoms with Crippen molar-refractivity contribution in [2.24, 2.45) is 5.73 Å². The average Bonchev–Trinajstić information content (AvgIpc) is 2.47. The van der Waals surface area contributed by atoms with E-state index in [0.29, 0.717) is 30.3 Å². The lowest BCUT2D eigenvalue weighted by Crippen LogP contribution is -2.27. The van der Waals surface area contributed by atoms with Crippen molar-refractivity contribution in [3.05, 3.63) is 23.8 Å². The second kappa shape index (κ2) is 9.50. The van der Waals surface area contributed by atoms with Crippen LogP contribution in [0.25, 0.3) is 0 Å². The quantitative estimate of drug-likeness (QED) is 0.667. The van der Waals surface area contributed by atoms with Gasteiger partial charge in [-0.15, -0.1) is 0 Å². The Hall–Kier alpha value is -1.40. The third kappa shape index (κ3) is 5.71. The van der Waals surface area contributed by atoms with Gasteiger partial charge >= 0.3 is 0 Å². The van der Waals surface area contributed by atoms with Gasteiger partial charge in [-0.1, -0.05) is 6.07 Å². The first-order valence-corrected chi connectivity index (χ1v) is 7.62. The molecular weight excluding hydrogens is 276 g/mol. The maximum absolute atomic E-state index is 11.5. The highest BCUT2D eigenvalue weighted by atomic mass is 32.2. The fraction of sp³-hybridized carbons (Fsp3) is 0.500. The summed E-state index contributed by atoms with van der Waals surface area (Å²) in [6.45, 7) is 1.21. The molecule has 1 rings (SSSR count). The Kier molecular flexibility index (Phi) is 7.91. The molecule has 0 aromatic heterocycles. The van der Waals surface area contributed by atoms with Gasteiger partial charge in [0.2, 0.25) is 5.91 Å². The lowest BCUT2D eigenvalue weighted by molar-refractivity contribution is -0.118. The highest BCUT2D eigenvalue weighted by Crippen LogP contribution is 2.27. The molecule has 20 heavy (non-hydrogen) atoms. The fourth-order valence-electron chi connectivity index (χ4n) is 1.68. The van der Waals surface area contributed by atoms with Crippen LogP contribution in [0.1, 0.15) is 5.56 Å². The van der Waals surface area contributed by atoms with Crippen molar-refractivity contribution >= 4 is 17.7 Å². The van der Waals surface area contributed by atoms with Crippen LogP contribution in [0.5, 0.6) is 11.5 Å². The average molecular weight is 298 g/mol. The highest BCUT2D eigenvalue weighted by Gasteiger charge is 2.05. The van der Waals surface area contributed by atoms with Gasteiger partial charge in [0.05, 0.1) is 20.0 Å². The molecule has 6 heteroatoms. The largest absolute Gasteiger partial charge is 0.493 e. The van der Waals surface area contributed by atoms with Crippen LogP contribution in [0, 0.1) is 0 Å². The number of thioether (sulfide) groups is 1. The molecule has 0 radical (unpaired) electrons. The summed E-state index contributed by atoms with van der Waals surface area (Å²) >= 11 is 1.55. The van der Waals surface area contributed by atoms with E-state index in [1.807, 2.05) is 18.2 Å². The molecule has 0 aliphatic rings. The van der Waals surface area contributed by atoms with Crippen molar-refractivity contribution < 1.29 is 14.3 Å². The van der Waals surface area contributed by atoms with Crippen LogP contribution < -0.4 is 20.5 Å². The first-order valence-electron chi connectivity index (χ1n) is 6.46. The van der Waals surface area contributed by atoms with Gasteiger partial charge in [-0.05, 0) is 24.1 Å². The number of hydrogen-bond acceptors (Lipinski definition) is 5. The molecule has 0 spiro atoms. The summed E-state index contributed by atoms with van der Waals surface area (Å²) in [4.78, 5) is 11.5. The maximum Gasteiger partial charge on any atom is 0.230 e. The summed E-state index contributed by atoms with van der Waals surface area (Å²) in [5.41, 5.74) is 6.46. The normalized spacial score (nSPS) is 10.2. The van der Waals surface area contributed by atoms with Crippen LogP contribution in [-0.2, 0) is 11.2 Å². The van der Waals surface area contributed by atoms with Crippen molar-refractivity contribution in [1.82, 2.24) is 5.32 Å². The van der Waals surface area contributed by atoms with Crippen molar-refractivity contribution in [3.63, 3.8) is 0 Å². The van der Waals surface area contributed by atoms with Crippen LogP contribution in [-0.4, -0.2) is 44.7 Å². The van der Waals surface area contributed by atoms with Crippen molar-refractivity contribution in [3.8, 4) is 11.5 Å². The maximum atomic E-state index is 11.5. The second-order valence-corrected chi connectivity index (χ2v) is 5.24. The van der Waals surface area contributed by atoms with E-state index in [9.17, 15) is 4.79 Å². The predicted octanol–water partition coefficient (Wildman–Crippen LogP) is 1.05. The summed E-state index contributed by atoms with van der Waals surface area (Å²) in [5.74, 6) is 2.73. The number of amides is 1. The molecule has 112 valence electrons. The number of methoxy groups -OCH3 is 2. The SMILES string of the molecule is COc1ccc(CCNC(=O)CSCCN)cc1OC. The number of ether oxygens (including phenoxy) is 2. The van der Waals surface area contributed by atoms with Crippen LogP contribution in [0.2, 0.25) is 0 Å². The molecule has 3 N–H and O–H groups in total.